The highest BCUT2D eigenvalue weighted by molar-refractivity contribution is 7.99. The summed E-state index contributed by atoms with van der Waals surface area (Å²) in [6.45, 7) is 0.450. The van der Waals surface area contributed by atoms with Gasteiger partial charge in [0.1, 0.15) is 0 Å². The van der Waals surface area contributed by atoms with Crippen molar-refractivity contribution in [1.29, 1.82) is 0 Å². The van der Waals surface area contributed by atoms with Crippen molar-refractivity contribution in [3.8, 4) is 0 Å². The standard InChI is InChI=1S/C32H32N2O4S/c35-21-24-14-16-25(17-15-24)30-19-28(22-39-29-12-5-2-6-13-29)37-31(38-30)26-10-7-11-27(18-26)34-32(36)33-20-23-8-3-1-4-9-23/h1-18,28,30-31,35H,19-22H2,(H2,33,34,36)/t28-,30+,31+/m0/s1. The molecule has 0 spiro atoms. The molecule has 1 aliphatic rings. The van der Waals surface area contributed by atoms with Gasteiger partial charge in [-0.25, -0.2) is 4.79 Å². The van der Waals surface area contributed by atoms with Crippen molar-refractivity contribution in [1.82, 2.24) is 5.32 Å². The summed E-state index contributed by atoms with van der Waals surface area (Å²) in [5.74, 6) is 0.787. The summed E-state index contributed by atoms with van der Waals surface area (Å²) < 4.78 is 12.9. The van der Waals surface area contributed by atoms with E-state index in [0.717, 1.165) is 28.0 Å². The maximum atomic E-state index is 12.5. The summed E-state index contributed by atoms with van der Waals surface area (Å²) in [6, 6.07) is 35.3. The molecular formula is C32H32N2O4S. The third kappa shape index (κ3) is 7.71. The Kier molecular flexibility index (Phi) is 9.30. The first kappa shape index (κ1) is 27.0. The molecule has 1 saturated heterocycles. The molecule has 1 aliphatic heterocycles. The van der Waals surface area contributed by atoms with Crippen LogP contribution < -0.4 is 10.6 Å². The number of rotatable bonds is 9. The van der Waals surface area contributed by atoms with Gasteiger partial charge in [0.05, 0.1) is 18.8 Å². The fraction of sp³-hybridized carbons (Fsp3) is 0.219. The van der Waals surface area contributed by atoms with E-state index in [-0.39, 0.29) is 24.8 Å². The van der Waals surface area contributed by atoms with E-state index in [9.17, 15) is 9.90 Å². The van der Waals surface area contributed by atoms with Gasteiger partial charge in [-0.3, -0.25) is 0 Å². The van der Waals surface area contributed by atoms with Crippen molar-refractivity contribution in [2.24, 2.45) is 0 Å². The first-order valence-electron chi connectivity index (χ1n) is 13.0. The normalized spacial score (nSPS) is 18.8. The Hall–Kier alpha value is -3.62. The van der Waals surface area contributed by atoms with Crippen LogP contribution in [-0.4, -0.2) is 23.0 Å². The number of urea groups is 1. The van der Waals surface area contributed by atoms with Crippen molar-refractivity contribution >= 4 is 23.5 Å². The van der Waals surface area contributed by atoms with Crippen LogP contribution in [0.15, 0.2) is 114 Å². The number of hydrogen-bond acceptors (Lipinski definition) is 5. The van der Waals surface area contributed by atoms with E-state index in [1.165, 1.54) is 4.90 Å². The van der Waals surface area contributed by atoms with Gasteiger partial charge in [-0.05, 0) is 41.0 Å². The number of ether oxygens (including phenoxy) is 2. The van der Waals surface area contributed by atoms with Crippen molar-refractivity contribution in [2.45, 2.75) is 43.0 Å². The number of thioether (sulfide) groups is 1. The zero-order valence-electron chi connectivity index (χ0n) is 21.5. The molecule has 0 radical (unpaired) electrons. The largest absolute Gasteiger partial charge is 0.392 e. The lowest BCUT2D eigenvalue weighted by Gasteiger charge is -2.36. The van der Waals surface area contributed by atoms with E-state index in [4.69, 9.17) is 9.47 Å². The number of aliphatic hydroxyl groups excluding tert-OH is 1. The van der Waals surface area contributed by atoms with Crippen LogP contribution in [0.3, 0.4) is 0 Å². The topological polar surface area (TPSA) is 79.8 Å². The molecule has 0 bridgehead atoms. The molecule has 2 amide bonds. The lowest BCUT2D eigenvalue weighted by molar-refractivity contribution is -0.245. The average molecular weight is 541 g/mol. The van der Waals surface area contributed by atoms with Crippen LogP contribution in [0.25, 0.3) is 0 Å². The predicted octanol–water partition coefficient (Wildman–Crippen LogP) is 6.84. The highest BCUT2D eigenvalue weighted by Gasteiger charge is 2.32. The molecule has 7 heteroatoms. The van der Waals surface area contributed by atoms with Gasteiger partial charge in [0.25, 0.3) is 0 Å². The van der Waals surface area contributed by atoms with Crippen molar-refractivity contribution in [3.05, 3.63) is 131 Å². The second-order valence-corrected chi connectivity index (χ2v) is 10.5. The van der Waals surface area contributed by atoms with Gasteiger partial charge >= 0.3 is 6.03 Å². The number of nitrogens with one attached hydrogen (secondary N) is 2. The van der Waals surface area contributed by atoms with Crippen LogP contribution in [0.4, 0.5) is 10.5 Å². The van der Waals surface area contributed by atoms with E-state index in [0.29, 0.717) is 18.7 Å². The van der Waals surface area contributed by atoms with Crippen LogP contribution in [0.2, 0.25) is 0 Å². The van der Waals surface area contributed by atoms with Gasteiger partial charge in [-0.15, -0.1) is 11.8 Å². The zero-order valence-corrected chi connectivity index (χ0v) is 22.3. The van der Waals surface area contributed by atoms with E-state index in [2.05, 4.69) is 22.8 Å². The van der Waals surface area contributed by atoms with Gasteiger partial charge in [0, 0.05) is 34.9 Å². The molecule has 4 aromatic carbocycles. The van der Waals surface area contributed by atoms with Crippen LogP contribution in [-0.2, 0) is 22.6 Å². The fourth-order valence-electron chi connectivity index (χ4n) is 4.45. The van der Waals surface area contributed by atoms with Crippen molar-refractivity contribution in [3.63, 3.8) is 0 Å². The summed E-state index contributed by atoms with van der Waals surface area (Å²) in [5, 5.41) is 15.2. The molecule has 3 atom stereocenters. The zero-order chi connectivity index (χ0) is 26.9. The summed E-state index contributed by atoms with van der Waals surface area (Å²) in [7, 11) is 0. The molecule has 4 aromatic rings. The minimum absolute atomic E-state index is 0.00655. The van der Waals surface area contributed by atoms with E-state index in [1.54, 1.807) is 11.8 Å². The quantitative estimate of drug-likeness (QED) is 0.203. The van der Waals surface area contributed by atoms with Crippen molar-refractivity contribution in [2.75, 3.05) is 11.1 Å². The van der Waals surface area contributed by atoms with Crippen LogP contribution in [0.5, 0.6) is 0 Å². The molecule has 0 saturated carbocycles. The lowest BCUT2D eigenvalue weighted by atomic mass is 10.0. The summed E-state index contributed by atoms with van der Waals surface area (Å²) >= 11 is 1.76. The molecule has 0 unspecified atom stereocenters. The molecule has 5 rings (SSSR count). The van der Waals surface area contributed by atoms with Crippen LogP contribution in [0, 0.1) is 0 Å². The minimum atomic E-state index is -0.586. The molecule has 1 fully saturated rings. The molecule has 0 aromatic heterocycles. The fourth-order valence-corrected chi connectivity index (χ4v) is 5.39. The first-order valence-corrected chi connectivity index (χ1v) is 14.0. The molecule has 200 valence electrons. The SMILES string of the molecule is O=C(NCc1ccccc1)Nc1cccc([C@@H]2O[C@H](CSc3ccccc3)C[C@H](c3ccc(CO)cc3)O2)c1. The number of amides is 2. The minimum Gasteiger partial charge on any atom is -0.392 e. The summed E-state index contributed by atoms with van der Waals surface area (Å²) in [6.07, 6.45) is -0.0723. The van der Waals surface area contributed by atoms with Gasteiger partial charge in [-0.1, -0.05) is 84.9 Å². The molecule has 6 nitrogen and oxygen atoms in total. The van der Waals surface area contributed by atoms with Crippen LogP contribution in [0.1, 0.15) is 41.1 Å². The van der Waals surface area contributed by atoms with Gasteiger partial charge in [0.15, 0.2) is 6.29 Å². The van der Waals surface area contributed by atoms with Gasteiger partial charge in [-0.2, -0.15) is 0 Å². The Balaban J connectivity index is 1.28. The number of aliphatic hydroxyl groups is 1. The Morgan fingerprint density at radius 3 is 2.31 bits per heavy atom. The third-order valence-corrected chi connectivity index (χ3v) is 7.65. The lowest BCUT2D eigenvalue weighted by Crippen LogP contribution is -2.31. The smallest absolute Gasteiger partial charge is 0.319 e. The van der Waals surface area contributed by atoms with Crippen molar-refractivity contribution < 1.29 is 19.4 Å². The van der Waals surface area contributed by atoms with Gasteiger partial charge < -0.3 is 25.2 Å². The Morgan fingerprint density at radius 1 is 0.821 bits per heavy atom. The Labute approximate surface area is 233 Å². The number of benzene rings is 4. The molecule has 0 aliphatic carbocycles. The average Bonchev–Trinajstić information content (AvgIpc) is 3.00. The number of anilines is 1. The maximum absolute atomic E-state index is 12.5. The predicted molar refractivity (Wildman–Crippen MR) is 154 cm³/mol. The molecule has 1 heterocycles. The molecule has 3 N–H and O–H groups in total. The second kappa shape index (κ2) is 13.4. The van der Waals surface area contributed by atoms with Crippen LogP contribution >= 0.6 is 11.8 Å². The summed E-state index contributed by atoms with van der Waals surface area (Å²) in [5.41, 5.74) is 4.44. The highest BCUT2D eigenvalue weighted by Crippen LogP contribution is 2.39. The Morgan fingerprint density at radius 2 is 1.56 bits per heavy atom. The summed E-state index contributed by atoms with van der Waals surface area (Å²) in [4.78, 5) is 13.7. The monoisotopic (exact) mass is 540 g/mol. The number of hydrogen-bond donors (Lipinski definition) is 3. The Bertz CT molecular complexity index is 1340. The molecular weight excluding hydrogens is 508 g/mol. The maximum Gasteiger partial charge on any atom is 0.319 e. The number of carbonyl (C=O) groups is 1. The second-order valence-electron chi connectivity index (χ2n) is 9.39. The van der Waals surface area contributed by atoms with E-state index < -0.39 is 6.29 Å². The third-order valence-electron chi connectivity index (χ3n) is 6.51. The first-order chi connectivity index (χ1) is 19.2. The van der Waals surface area contributed by atoms with E-state index >= 15 is 0 Å². The van der Waals surface area contributed by atoms with Gasteiger partial charge in [0.2, 0.25) is 0 Å². The molecule has 39 heavy (non-hydrogen) atoms. The number of carbonyl (C=O) groups excluding carboxylic acids is 1. The highest BCUT2D eigenvalue weighted by atomic mass is 32.2. The van der Waals surface area contributed by atoms with E-state index in [1.807, 2.05) is 97.1 Å².